The predicted octanol–water partition coefficient (Wildman–Crippen LogP) is 1.24. The Kier molecular flexibility index (Phi) is 2.77. The number of hydrogen-bond acceptors (Lipinski definition) is 3. The lowest BCUT2D eigenvalue weighted by atomic mass is 10.1. The largest absolute Gasteiger partial charge is 0.495 e. The molecule has 0 saturated carbocycles. The van der Waals surface area contributed by atoms with Gasteiger partial charge in [-0.25, -0.2) is 4.39 Å². The van der Waals surface area contributed by atoms with Crippen LogP contribution in [0.15, 0.2) is 18.2 Å². The minimum Gasteiger partial charge on any atom is -0.495 e. The Labute approximate surface area is 88.8 Å². The first-order valence-corrected chi connectivity index (χ1v) is 4.99. The zero-order chi connectivity index (χ0) is 10.8. The Bertz CT molecular complexity index is 352. The maximum atomic E-state index is 13.1. The molecule has 0 aliphatic carbocycles. The van der Waals surface area contributed by atoms with Gasteiger partial charge in [-0.2, -0.15) is 0 Å². The Hall–Kier alpha value is -1.29. The first-order chi connectivity index (χ1) is 7.22. The third kappa shape index (κ3) is 1.90. The first kappa shape index (κ1) is 10.2. The van der Waals surface area contributed by atoms with E-state index in [9.17, 15) is 4.39 Å². The van der Waals surface area contributed by atoms with Gasteiger partial charge in [-0.1, -0.05) is 0 Å². The van der Waals surface area contributed by atoms with Gasteiger partial charge in [0.15, 0.2) is 0 Å². The summed E-state index contributed by atoms with van der Waals surface area (Å²) in [5.41, 5.74) is 0.809. The smallest absolute Gasteiger partial charge is 0.142 e. The van der Waals surface area contributed by atoms with Crippen LogP contribution in [0, 0.1) is 5.82 Å². The molecule has 0 bridgehead atoms. The van der Waals surface area contributed by atoms with Crippen molar-refractivity contribution in [1.29, 1.82) is 0 Å². The molecule has 1 fully saturated rings. The van der Waals surface area contributed by atoms with Crippen molar-refractivity contribution in [2.24, 2.45) is 0 Å². The topological polar surface area (TPSA) is 24.5 Å². The monoisotopic (exact) mass is 210 g/mol. The normalized spacial score (nSPS) is 15.9. The molecule has 1 heterocycles. The summed E-state index contributed by atoms with van der Waals surface area (Å²) < 4.78 is 18.3. The van der Waals surface area contributed by atoms with Crippen LogP contribution in [0.4, 0.5) is 10.1 Å². The molecule has 0 aromatic heterocycles. The average Bonchev–Trinajstić information content (AvgIpc) is 2.15. The van der Waals surface area contributed by atoms with Gasteiger partial charge in [-0.05, 0) is 12.1 Å². The van der Waals surface area contributed by atoms with E-state index in [0.29, 0.717) is 11.8 Å². The molecule has 82 valence electrons. The molecule has 0 atom stereocenters. The van der Waals surface area contributed by atoms with Crippen molar-refractivity contribution in [2.75, 3.05) is 32.1 Å². The number of anilines is 1. The quantitative estimate of drug-likeness (QED) is 0.812. The molecular weight excluding hydrogens is 195 g/mol. The lowest BCUT2D eigenvalue weighted by molar-refractivity contribution is 0.399. The summed E-state index contributed by atoms with van der Waals surface area (Å²) in [4.78, 5) is 2.05. The average molecular weight is 210 g/mol. The van der Waals surface area contributed by atoms with Crippen LogP contribution < -0.4 is 15.0 Å². The van der Waals surface area contributed by atoms with E-state index in [1.807, 2.05) is 7.05 Å². The highest BCUT2D eigenvalue weighted by molar-refractivity contribution is 5.59. The Morgan fingerprint density at radius 3 is 2.73 bits per heavy atom. The summed E-state index contributed by atoms with van der Waals surface area (Å²) in [6.45, 7) is 1.88. The minimum absolute atomic E-state index is 0.232. The molecule has 1 aliphatic rings. The fraction of sp³-hybridized carbons (Fsp3) is 0.455. The fourth-order valence-corrected chi connectivity index (χ4v) is 1.68. The van der Waals surface area contributed by atoms with Crippen LogP contribution in [0.3, 0.4) is 0 Å². The number of nitrogens with one attached hydrogen (secondary N) is 1. The van der Waals surface area contributed by atoms with Crippen molar-refractivity contribution in [3.05, 3.63) is 24.0 Å². The number of hydrogen-bond donors (Lipinski definition) is 1. The summed E-state index contributed by atoms with van der Waals surface area (Å²) in [5, 5.41) is 3.19. The van der Waals surface area contributed by atoms with Crippen LogP contribution in [-0.4, -0.2) is 33.3 Å². The summed E-state index contributed by atoms with van der Waals surface area (Å²) >= 11 is 0. The summed E-state index contributed by atoms with van der Waals surface area (Å²) in [5.74, 6) is 0.482. The summed E-state index contributed by atoms with van der Waals surface area (Å²) in [7, 11) is 3.56. The lowest BCUT2D eigenvalue weighted by Gasteiger charge is -2.37. The molecule has 1 saturated heterocycles. The standard InChI is InChI=1S/C11H15FN2O/c1-14(9-6-13-7-9)10-5-8(12)3-4-11(10)15-2/h3-5,9,13H,6-7H2,1-2H3. The van der Waals surface area contributed by atoms with Crippen molar-refractivity contribution in [1.82, 2.24) is 5.32 Å². The number of likely N-dealkylation sites (N-methyl/N-ethyl adjacent to an activating group) is 1. The molecule has 2 rings (SSSR count). The van der Waals surface area contributed by atoms with Gasteiger partial charge in [0.05, 0.1) is 18.8 Å². The molecule has 1 aromatic carbocycles. The number of methoxy groups -OCH3 is 1. The fourth-order valence-electron chi connectivity index (χ4n) is 1.68. The number of rotatable bonds is 3. The van der Waals surface area contributed by atoms with E-state index >= 15 is 0 Å². The number of halogens is 1. The van der Waals surface area contributed by atoms with E-state index in [0.717, 1.165) is 18.8 Å². The number of benzene rings is 1. The van der Waals surface area contributed by atoms with Gasteiger partial charge >= 0.3 is 0 Å². The minimum atomic E-state index is -0.232. The predicted molar refractivity (Wildman–Crippen MR) is 58.0 cm³/mol. The highest BCUT2D eigenvalue weighted by Gasteiger charge is 2.23. The van der Waals surface area contributed by atoms with Gasteiger partial charge in [-0.15, -0.1) is 0 Å². The van der Waals surface area contributed by atoms with E-state index in [-0.39, 0.29) is 5.82 Å². The zero-order valence-corrected chi connectivity index (χ0v) is 8.96. The van der Waals surface area contributed by atoms with E-state index in [4.69, 9.17) is 4.74 Å². The van der Waals surface area contributed by atoms with E-state index in [1.54, 1.807) is 13.2 Å². The third-order valence-corrected chi connectivity index (χ3v) is 2.83. The van der Waals surface area contributed by atoms with E-state index in [1.165, 1.54) is 12.1 Å². The Balaban J connectivity index is 2.27. The molecule has 1 N–H and O–H groups in total. The molecule has 1 aliphatic heterocycles. The van der Waals surface area contributed by atoms with Gasteiger partial charge < -0.3 is 15.0 Å². The summed E-state index contributed by atoms with van der Waals surface area (Å²) in [6.07, 6.45) is 0. The maximum absolute atomic E-state index is 13.1. The second kappa shape index (κ2) is 4.06. The molecule has 3 nitrogen and oxygen atoms in total. The highest BCUT2D eigenvalue weighted by Crippen LogP contribution is 2.29. The Morgan fingerprint density at radius 2 is 2.20 bits per heavy atom. The maximum Gasteiger partial charge on any atom is 0.142 e. The molecule has 0 unspecified atom stereocenters. The third-order valence-electron chi connectivity index (χ3n) is 2.83. The van der Waals surface area contributed by atoms with Crippen LogP contribution in [0.25, 0.3) is 0 Å². The van der Waals surface area contributed by atoms with Crippen LogP contribution in [0.2, 0.25) is 0 Å². The molecule has 4 heteroatoms. The first-order valence-electron chi connectivity index (χ1n) is 4.99. The van der Waals surface area contributed by atoms with Crippen molar-refractivity contribution >= 4 is 5.69 Å². The molecule has 0 spiro atoms. The SMILES string of the molecule is COc1ccc(F)cc1N(C)C1CNC1. The van der Waals surface area contributed by atoms with Gasteiger partial charge in [0.2, 0.25) is 0 Å². The molecule has 0 amide bonds. The van der Waals surface area contributed by atoms with Gasteiger partial charge in [0, 0.05) is 26.2 Å². The van der Waals surface area contributed by atoms with E-state index < -0.39 is 0 Å². The number of ether oxygens (including phenoxy) is 1. The van der Waals surface area contributed by atoms with Crippen LogP contribution in [-0.2, 0) is 0 Å². The zero-order valence-electron chi connectivity index (χ0n) is 8.96. The van der Waals surface area contributed by atoms with Crippen molar-refractivity contribution in [3.8, 4) is 5.75 Å². The summed E-state index contributed by atoms with van der Waals surface area (Å²) in [6, 6.07) is 5.01. The highest BCUT2D eigenvalue weighted by atomic mass is 19.1. The Morgan fingerprint density at radius 1 is 1.47 bits per heavy atom. The van der Waals surface area contributed by atoms with E-state index in [2.05, 4.69) is 10.2 Å². The molecule has 0 radical (unpaired) electrons. The van der Waals surface area contributed by atoms with Gasteiger partial charge in [0.25, 0.3) is 0 Å². The van der Waals surface area contributed by atoms with Crippen molar-refractivity contribution in [2.45, 2.75) is 6.04 Å². The molecule has 15 heavy (non-hydrogen) atoms. The van der Waals surface area contributed by atoms with Crippen molar-refractivity contribution in [3.63, 3.8) is 0 Å². The van der Waals surface area contributed by atoms with Crippen LogP contribution in [0.5, 0.6) is 5.75 Å². The lowest BCUT2D eigenvalue weighted by Crippen LogP contribution is -2.56. The van der Waals surface area contributed by atoms with Crippen LogP contribution >= 0.6 is 0 Å². The van der Waals surface area contributed by atoms with Gasteiger partial charge in [-0.3, -0.25) is 0 Å². The second-order valence-electron chi connectivity index (χ2n) is 3.74. The number of nitrogens with zero attached hydrogens (tertiary/aromatic N) is 1. The van der Waals surface area contributed by atoms with Crippen molar-refractivity contribution < 1.29 is 9.13 Å². The van der Waals surface area contributed by atoms with Gasteiger partial charge in [0.1, 0.15) is 11.6 Å². The second-order valence-corrected chi connectivity index (χ2v) is 3.74. The van der Waals surface area contributed by atoms with Crippen LogP contribution in [0.1, 0.15) is 0 Å². The molecule has 1 aromatic rings. The molecular formula is C11H15FN2O.